The second-order valence-corrected chi connectivity index (χ2v) is 3.91. The van der Waals surface area contributed by atoms with Gasteiger partial charge in [0.05, 0.1) is 18.1 Å². The van der Waals surface area contributed by atoms with E-state index in [-0.39, 0.29) is 22.7 Å². The first-order chi connectivity index (χ1) is 6.56. The molecule has 0 aliphatic heterocycles. The lowest BCUT2D eigenvalue weighted by atomic mass is 10.1. The fraction of sp³-hybridized carbons (Fsp3) is 0.250. The molecule has 0 aliphatic carbocycles. The van der Waals surface area contributed by atoms with Gasteiger partial charge >= 0.3 is 0 Å². The van der Waals surface area contributed by atoms with Crippen LogP contribution >= 0.6 is 34.2 Å². The van der Waals surface area contributed by atoms with Gasteiger partial charge in [-0.25, -0.2) is 13.8 Å². The van der Waals surface area contributed by atoms with Crippen molar-refractivity contribution in [3.63, 3.8) is 0 Å². The van der Waals surface area contributed by atoms with Gasteiger partial charge in [-0.2, -0.15) is 5.26 Å². The molecule has 14 heavy (non-hydrogen) atoms. The molecule has 0 N–H and O–H groups in total. The van der Waals surface area contributed by atoms with Gasteiger partial charge in [0.25, 0.3) is 6.43 Å². The van der Waals surface area contributed by atoms with Crippen LogP contribution in [0.1, 0.15) is 17.6 Å². The molecule has 0 aromatic carbocycles. The van der Waals surface area contributed by atoms with E-state index >= 15 is 0 Å². The lowest BCUT2D eigenvalue weighted by molar-refractivity contribution is 0.150. The lowest BCUT2D eigenvalue weighted by Crippen LogP contribution is -1.99. The Morgan fingerprint density at radius 2 is 2.29 bits per heavy atom. The standard InChI is InChI=1S/C8H4ClF2IN2/c9-7-6(8(10)11)4(1-2-13)3-5(12)14-7/h3,8H,1H2. The molecule has 6 heteroatoms. The third-order valence-electron chi connectivity index (χ3n) is 1.55. The Bertz CT molecular complexity index is 390. The Kier molecular flexibility index (Phi) is 4.01. The molecule has 1 rings (SSSR count). The third kappa shape index (κ3) is 2.51. The number of hydrogen-bond donors (Lipinski definition) is 0. The summed E-state index contributed by atoms with van der Waals surface area (Å²) < 4.78 is 25.5. The van der Waals surface area contributed by atoms with E-state index in [1.807, 2.05) is 28.7 Å². The number of pyridine rings is 1. The van der Waals surface area contributed by atoms with E-state index < -0.39 is 6.43 Å². The molecular weight excluding hydrogens is 324 g/mol. The lowest BCUT2D eigenvalue weighted by Gasteiger charge is -2.07. The average Bonchev–Trinajstić information content (AvgIpc) is 2.01. The highest BCUT2D eigenvalue weighted by Gasteiger charge is 2.18. The zero-order valence-corrected chi connectivity index (χ0v) is 9.68. The van der Waals surface area contributed by atoms with Crippen molar-refractivity contribution in [3.8, 4) is 6.07 Å². The van der Waals surface area contributed by atoms with Crippen LogP contribution in [0.3, 0.4) is 0 Å². The summed E-state index contributed by atoms with van der Waals surface area (Å²) in [5.41, 5.74) is -0.0967. The van der Waals surface area contributed by atoms with E-state index in [1.54, 1.807) is 0 Å². The normalized spacial score (nSPS) is 10.3. The van der Waals surface area contributed by atoms with E-state index in [9.17, 15) is 8.78 Å². The molecule has 0 atom stereocenters. The van der Waals surface area contributed by atoms with Crippen molar-refractivity contribution < 1.29 is 8.78 Å². The fourth-order valence-corrected chi connectivity index (χ4v) is 2.06. The molecule has 0 bridgehead atoms. The minimum atomic E-state index is -2.70. The fourth-order valence-electron chi connectivity index (χ4n) is 1.00. The van der Waals surface area contributed by atoms with Gasteiger partial charge in [0.1, 0.15) is 8.85 Å². The molecule has 0 radical (unpaired) electrons. The molecule has 1 heterocycles. The van der Waals surface area contributed by atoms with Gasteiger partial charge in [0.2, 0.25) is 0 Å². The SMILES string of the molecule is N#CCc1cc(I)nc(Cl)c1C(F)F. The smallest absolute Gasteiger partial charge is 0.230 e. The first kappa shape index (κ1) is 11.6. The van der Waals surface area contributed by atoms with E-state index in [0.717, 1.165) is 0 Å². The number of nitrogens with zero attached hydrogens (tertiary/aromatic N) is 2. The maximum absolute atomic E-state index is 12.5. The Hall–Kier alpha value is -0.480. The molecule has 2 nitrogen and oxygen atoms in total. The predicted octanol–water partition coefficient (Wildman–Crippen LogP) is 3.34. The highest BCUT2D eigenvalue weighted by atomic mass is 127. The van der Waals surface area contributed by atoms with Crippen molar-refractivity contribution in [2.24, 2.45) is 0 Å². The van der Waals surface area contributed by atoms with Crippen molar-refractivity contribution in [1.82, 2.24) is 4.98 Å². The van der Waals surface area contributed by atoms with Crippen LogP contribution in [0, 0.1) is 15.0 Å². The zero-order chi connectivity index (χ0) is 10.7. The largest absolute Gasteiger partial charge is 0.267 e. The Morgan fingerprint density at radius 3 is 2.79 bits per heavy atom. The van der Waals surface area contributed by atoms with Crippen molar-refractivity contribution >= 4 is 34.2 Å². The average molecular weight is 328 g/mol. The number of halogens is 4. The molecule has 1 aromatic rings. The molecule has 0 fully saturated rings. The van der Waals surface area contributed by atoms with E-state index in [1.165, 1.54) is 6.07 Å². The summed E-state index contributed by atoms with van der Waals surface area (Å²) in [5, 5.41) is 8.22. The summed E-state index contributed by atoms with van der Waals surface area (Å²) in [5.74, 6) is 0. The second-order valence-electron chi connectivity index (χ2n) is 2.44. The number of rotatable bonds is 2. The number of alkyl halides is 2. The highest BCUT2D eigenvalue weighted by molar-refractivity contribution is 14.1. The van der Waals surface area contributed by atoms with Crippen LogP contribution in [-0.2, 0) is 6.42 Å². The maximum atomic E-state index is 12.5. The number of nitriles is 1. The van der Waals surface area contributed by atoms with Gasteiger partial charge in [0, 0.05) is 0 Å². The molecular formula is C8H4ClF2IN2. The summed E-state index contributed by atoms with van der Waals surface area (Å²) in [6.07, 6.45) is -2.78. The second kappa shape index (κ2) is 4.84. The van der Waals surface area contributed by atoms with E-state index in [2.05, 4.69) is 4.98 Å². The predicted molar refractivity (Wildman–Crippen MR) is 56.2 cm³/mol. The number of aromatic nitrogens is 1. The highest BCUT2D eigenvalue weighted by Crippen LogP contribution is 2.30. The van der Waals surface area contributed by atoms with Gasteiger partial charge in [-0.1, -0.05) is 11.6 Å². The molecule has 0 saturated carbocycles. The third-order valence-corrected chi connectivity index (χ3v) is 2.39. The summed E-state index contributed by atoms with van der Waals surface area (Å²) >= 11 is 7.42. The van der Waals surface area contributed by atoms with Crippen LogP contribution in [0.4, 0.5) is 8.78 Å². The van der Waals surface area contributed by atoms with Crippen LogP contribution in [0.5, 0.6) is 0 Å². The summed E-state index contributed by atoms with van der Waals surface area (Å²) in [4.78, 5) is 3.70. The van der Waals surface area contributed by atoms with E-state index in [4.69, 9.17) is 16.9 Å². The Morgan fingerprint density at radius 1 is 1.64 bits per heavy atom. The zero-order valence-electron chi connectivity index (χ0n) is 6.77. The molecule has 74 valence electrons. The summed E-state index contributed by atoms with van der Waals surface area (Å²) in [6.45, 7) is 0. The van der Waals surface area contributed by atoms with Gasteiger partial charge < -0.3 is 0 Å². The van der Waals surface area contributed by atoms with E-state index in [0.29, 0.717) is 3.70 Å². The van der Waals surface area contributed by atoms with Crippen LogP contribution in [0.2, 0.25) is 5.15 Å². The van der Waals surface area contributed by atoms with Crippen molar-refractivity contribution in [1.29, 1.82) is 5.26 Å². The van der Waals surface area contributed by atoms with Crippen molar-refractivity contribution in [2.45, 2.75) is 12.8 Å². The minimum absolute atomic E-state index is 0.0854. The molecule has 0 saturated heterocycles. The summed E-state index contributed by atoms with van der Waals surface area (Å²) in [7, 11) is 0. The monoisotopic (exact) mass is 328 g/mol. The van der Waals surface area contributed by atoms with Gasteiger partial charge in [-0.3, -0.25) is 0 Å². The van der Waals surface area contributed by atoms with Gasteiger partial charge in [0.15, 0.2) is 0 Å². The number of hydrogen-bond acceptors (Lipinski definition) is 2. The van der Waals surface area contributed by atoms with Crippen LogP contribution in [-0.4, -0.2) is 4.98 Å². The minimum Gasteiger partial charge on any atom is -0.230 e. The first-order valence-corrected chi connectivity index (χ1v) is 5.02. The van der Waals surface area contributed by atoms with Crippen LogP contribution in [0.25, 0.3) is 0 Å². The van der Waals surface area contributed by atoms with Crippen molar-refractivity contribution in [3.05, 3.63) is 26.0 Å². The molecule has 0 amide bonds. The summed E-state index contributed by atoms with van der Waals surface area (Å²) in [6, 6.07) is 3.25. The Labute approximate surface area is 98.0 Å². The molecule has 0 aliphatic rings. The van der Waals surface area contributed by atoms with Crippen LogP contribution in [0.15, 0.2) is 6.07 Å². The van der Waals surface area contributed by atoms with Crippen LogP contribution < -0.4 is 0 Å². The van der Waals surface area contributed by atoms with Gasteiger partial charge in [-0.05, 0) is 34.2 Å². The molecule has 1 aromatic heterocycles. The maximum Gasteiger partial charge on any atom is 0.267 e. The quantitative estimate of drug-likeness (QED) is 0.617. The molecule has 0 spiro atoms. The first-order valence-electron chi connectivity index (χ1n) is 3.56. The Balaban J connectivity index is 3.30. The topological polar surface area (TPSA) is 36.7 Å². The molecule has 0 unspecified atom stereocenters. The van der Waals surface area contributed by atoms with Crippen molar-refractivity contribution in [2.75, 3.05) is 0 Å². The van der Waals surface area contributed by atoms with Gasteiger partial charge in [-0.15, -0.1) is 0 Å².